The molecule has 1 N–H and O–H groups in total. The van der Waals surface area contributed by atoms with Crippen LogP contribution in [-0.4, -0.2) is 37.4 Å². The minimum atomic E-state index is 0.662. The second-order valence-electron chi connectivity index (χ2n) is 6.35. The number of anilines is 1. The van der Waals surface area contributed by atoms with Crippen LogP contribution in [-0.2, 0) is 26.2 Å². The zero-order chi connectivity index (χ0) is 17.8. The lowest BCUT2D eigenvalue weighted by Crippen LogP contribution is -2.33. The Morgan fingerprint density at radius 3 is 2.81 bits per heavy atom. The second-order valence-corrected chi connectivity index (χ2v) is 7.23. The molecule has 3 heterocycles. The molecule has 0 spiro atoms. The first kappa shape index (κ1) is 17.1. The van der Waals surface area contributed by atoms with E-state index in [-0.39, 0.29) is 0 Å². The van der Waals surface area contributed by atoms with E-state index in [1.807, 2.05) is 0 Å². The van der Waals surface area contributed by atoms with Crippen molar-refractivity contribution in [2.45, 2.75) is 31.1 Å². The van der Waals surface area contributed by atoms with Crippen LogP contribution in [0.2, 0.25) is 0 Å². The predicted octanol–water partition coefficient (Wildman–Crippen LogP) is 3.02. The number of aromatic nitrogens is 4. The number of benzene rings is 1. The molecular weight excluding hydrogens is 344 g/mol. The van der Waals surface area contributed by atoms with Crippen molar-refractivity contribution in [2.24, 2.45) is 0 Å². The molecule has 7 heteroatoms. The van der Waals surface area contributed by atoms with Gasteiger partial charge in [-0.05, 0) is 30.0 Å². The van der Waals surface area contributed by atoms with Gasteiger partial charge in [0.2, 0.25) is 0 Å². The van der Waals surface area contributed by atoms with Gasteiger partial charge in [0.1, 0.15) is 5.82 Å². The zero-order valence-corrected chi connectivity index (χ0v) is 15.6. The Labute approximate surface area is 157 Å². The van der Waals surface area contributed by atoms with Gasteiger partial charge in [-0.3, -0.25) is 14.6 Å². The van der Waals surface area contributed by atoms with Crippen LogP contribution in [0.3, 0.4) is 0 Å². The lowest BCUT2D eigenvalue weighted by atomic mass is 10.2. The molecule has 2 aromatic heterocycles. The van der Waals surface area contributed by atoms with Crippen LogP contribution >= 0.6 is 11.8 Å². The molecule has 1 aliphatic rings. The van der Waals surface area contributed by atoms with Crippen molar-refractivity contribution >= 4 is 17.6 Å². The molecule has 0 radical (unpaired) electrons. The summed E-state index contributed by atoms with van der Waals surface area (Å²) in [4.78, 5) is 12.1. The van der Waals surface area contributed by atoms with E-state index in [4.69, 9.17) is 5.10 Å². The fourth-order valence-electron chi connectivity index (χ4n) is 3.16. The van der Waals surface area contributed by atoms with Crippen molar-refractivity contribution in [2.75, 3.05) is 18.1 Å². The normalized spacial score (nSPS) is 14.2. The van der Waals surface area contributed by atoms with Gasteiger partial charge in [-0.1, -0.05) is 12.1 Å². The molecule has 3 aromatic rings. The van der Waals surface area contributed by atoms with E-state index in [9.17, 15) is 0 Å². The van der Waals surface area contributed by atoms with Gasteiger partial charge in [-0.2, -0.15) is 5.10 Å². The maximum Gasteiger partial charge on any atom is 0.144 e. The fourth-order valence-corrected chi connectivity index (χ4v) is 3.57. The molecule has 0 saturated carbocycles. The Hall–Kier alpha value is -2.38. The number of nitrogens with one attached hydrogen (secondary N) is 1. The van der Waals surface area contributed by atoms with E-state index in [1.165, 1.54) is 16.2 Å². The van der Waals surface area contributed by atoms with Gasteiger partial charge in [-0.15, -0.1) is 11.8 Å². The highest BCUT2D eigenvalue weighted by molar-refractivity contribution is 7.98. The smallest absolute Gasteiger partial charge is 0.144 e. The van der Waals surface area contributed by atoms with Gasteiger partial charge in [0, 0.05) is 36.9 Å². The molecule has 0 atom stereocenters. The van der Waals surface area contributed by atoms with Crippen LogP contribution in [0.25, 0.3) is 0 Å². The third-order valence-electron chi connectivity index (χ3n) is 4.51. The summed E-state index contributed by atoms with van der Waals surface area (Å²) in [7, 11) is 0. The summed E-state index contributed by atoms with van der Waals surface area (Å²) >= 11 is 1.78. The Morgan fingerprint density at radius 2 is 2.04 bits per heavy atom. The molecule has 0 fully saturated rings. The van der Waals surface area contributed by atoms with Gasteiger partial charge in [0.15, 0.2) is 0 Å². The molecule has 26 heavy (non-hydrogen) atoms. The van der Waals surface area contributed by atoms with Crippen molar-refractivity contribution in [3.05, 3.63) is 65.9 Å². The summed E-state index contributed by atoms with van der Waals surface area (Å²) in [6, 6.07) is 11.0. The minimum Gasteiger partial charge on any atom is -0.363 e. The summed E-state index contributed by atoms with van der Waals surface area (Å²) in [6.07, 6.45) is 7.19. The molecule has 1 aromatic carbocycles. The van der Waals surface area contributed by atoms with Crippen molar-refractivity contribution in [1.29, 1.82) is 0 Å². The highest BCUT2D eigenvalue weighted by atomic mass is 32.2. The summed E-state index contributed by atoms with van der Waals surface area (Å²) in [6.45, 7) is 4.53. The highest BCUT2D eigenvalue weighted by Crippen LogP contribution is 2.19. The molecule has 6 nitrogen and oxygen atoms in total. The number of rotatable bonds is 6. The Bertz CT molecular complexity index is 846. The molecule has 1 aliphatic heterocycles. The molecule has 0 amide bonds. The van der Waals surface area contributed by atoms with Crippen molar-refractivity contribution in [3.8, 4) is 0 Å². The number of thioether (sulfide) groups is 1. The fraction of sp³-hybridized carbons (Fsp3) is 0.316. The first-order valence-corrected chi connectivity index (χ1v) is 9.93. The lowest BCUT2D eigenvalue weighted by molar-refractivity contribution is 0.205. The molecule has 4 rings (SSSR count). The first-order valence-electron chi connectivity index (χ1n) is 8.71. The molecule has 0 bridgehead atoms. The molecule has 134 valence electrons. The van der Waals surface area contributed by atoms with Gasteiger partial charge in [-0.25, -0.2) is 4.98 Å². The summed E-state index contributed by atoms with van der Waals surface area (Å²) in [5.74, 6) is 0.772. The van der Waals surface area contributed by atoms with E-state index < -0.39 is 0 Å². The summed E-state index contributed by atoms with van der Waals surface area (Å²) < 4.78 is 2.13. The topological polar surface area (TPSA) is 58.9 Å². The van der Waals surface area contributed by atoms with Crippen LogP contribution in [0.1, 0.15) is 17.0 Å². The Kier molecular flexibility index (Phi) is 5.17. The van der Waals surface area contributed by atoms with Gasteiger partial charge in [0.25, 0.3) is 0 Å². The zero-order valence-electron chi connectivity index (χ0n) is 14.8. The van der Waals surface area contributed by atoms with Crippen molar-refractivity contribution < 1.29 is 0 Å². The van der Waals surface area contributed by atoms with E-state index in [1.54, 1.807) is 30.4 Å². The van der Waals surface area contributed by atoms with Gasteiger partial charge in [0.05, 0.1) is 30.7 Å². The third-order valence-corrected chi connectivity index (χ3v) is 5.25. The predicted molar refractivity (Wildman–Crippen MR) is 104 cm³/mol. The number of nitrogens with zero attached hydrogens (tertiary/aromatic N) is 5. The lowest BCUT2D eigenvalue weighted by Gasteiger charge is -2.27. The van der Waals surface area contributed by atoms with Gasteiger partial charge >= 0.3 is 0 Å². The maximum absolute atomic E-state index is 4.71. The van der Waals surface area contributed by atoms with Crippen LogP contribution in [0.4, 0.5) is 5.82 Å². The molecular formula is C19H22N6S. The maximum atomic E-state index is 4.71. The number of hydrogen-bond donors (Lipinski definition) is 1. The van der Waals surface area contributed by atoms with Crippen LogP contribution in [0.5, 0.6) is 0 Å². The standard InChI is InChI=1S/C19H22N6S/c1-26-18-4-2-15(3-5-18)13-24-8-9-25-17(14-24)10-16(23-25)11-22-19-12-20-6-7-21-19/h2-7,10,12H,8-9,11,13-14H2,1H3,(H,21,22). The second kappa shape index (κ2) is 7.88. The van der Waals surface area contributed by atoms with Crippen LogP contribution in [0, 0.1) is 0 Å². The molecule has 0 saturated heterocycles. The highest BCUT2D eigenvalue weighted by Gasteiger charge is 2.18. The average molecular weight is 366 g/mol. The number of fused-ring (bicyclic) bond motifs is 1. The van der Waals surface area contributed by atoms with E-state index in [0.29, 0.717) is 6.54 Å². The Balaban J connectivity index is 1.36. The average Bonchev–Trinajstić information content (AvgIpc) is 3.10. The summed E-state index contributed by atoms with van der Waals surface area (Å²) in [5.41, 5.74) is 3.67. The third kappa shape index (κ3) is 4.05. The van der Waals surface area contributed by atoms with Gasteiger partial charge < -0.3 is 5.32 Å². The quantitative estimate of drug-likeness (QED) is 0.677. The molecule has 0 aliphatic carbocycles. The van der Waals surface area contributed by atoms with Crippen molar-refractivity contribution in [3.63, 3.8) is 0 Å². The first-order chi connectivity index (χ1) is 12.8. The molecule has 0 unspecified atom stereocenters. The monoisotopic (exact) mass is 366 g/mol. The van der Waals surface area contributed by atoms with E-state index in [2.05, 4.69) is 61.5 Å². The van der Waals surface area contributed by atoms with Crippen molar-refractivity contribution in [1.82, 2.24) is 24.6 Å². The SMILES string of the molecule is CSc1ccc(CN2CCn3nc(CNc4cnccn4)cc3C2)cc1. The summed E-state index contributed by atoms with van der Waals surface area (Å²) in [5, 5.41) is 7.97. The Morgan fingerprint density at radius 1 is 1.15 bits per heavy atom. The van der Waals surface area contributed by atoms with E-state index >= 15 is 0 Å². The van der Waals surface area contributed by atoms with E-state index in [0.717, 1.165) is 37.7 Å². The minimum absolute atomic E-state index is 0.662. The number of hydrogen-bond acceptors (Lipinski definition) is 6. The largest absolute Gasteiger partial charge is 0.363 e. The van der Waals surface area contributed by atoms with Crippen LogP contribution in [0.15, 0.2) is 53.8 Å². The van der Waals surface area contributed by atoms with Crippen LogP contribution < -0.4 is 5.32 Å².